The van der Waals surface area contributed by atoms with E-state index in [1.54, 1.807) is 0 Å². The lowest BCUT2D eigenvalue weighted by molar-refractivity contribution is -0.119. The summed E-state index contributed by atoms with van der Waals surface area (Å²) in [6.45, 7) is 1.96. The van der Waals surface area contributed by atoms with Gasteiger partial charge in [0.1, 0.15) is 5.78 Å². The van der Waals surface area contributed by atoms with E-state index in [-0.39, 0.29) is 0 Å². The molecule has 1 N–H and O–H groups in total. The Morgan fingerprint density at radius 2 is 2.05 bits per heavy atom. The predicted octanol–water partition coefficient (Wildman–Crippen LogP) is 2.52. The monoisotopic (exact) mass is 339 g/mol. The molecule has 5 heteroatoms. The first kappa shape index (κ1) is 14.3. The first-order valence-electron chi connectivity index (χ1n) is 7.48. The molecule has 4 nitrogen and oxygen atoms in total. The number of piperidine rings is 1. The van der Waals surface area contributed by atoms with Gasteiger partial charge in [-0.05, 0) is 54.5 Å². The molecule has 1 aromatic rings. The van der Waals surface area contributed by atoms with Crippen LogP contribution in [0.25, 0.3) is 0 Å². The third-order valence-electron chi connectivity index (χ3n) is 4.71. The Hall–Kier alpha value is -0.680. The molecule has 20 heavy (non-hydrogen) atoms. The molecule has 0 amide bonds. The Labute approximate surface area is 128 Å². The van der Waals surface area contributed by atoms with Gasteiger partial charge in [-0.2, -0.15) is 5.10 Å². The molecule has 0 aliphatic carbocycles. The molecule has 2 aliphatic heterocycles. The van der Waals surface area contributed by atoms with Gasteiger partial charge >= 0.3 is 0 Å². The maximum atomic E-state index is 12.3. The topological polar surface area (TPSA) is 46.9 Å². The minimum Gasteiger partial charge on any atom is -0.311 e. The molecule has 0 saturated carbocycles. The van der Waals surface area contributed by atoms with Crippen LogP contribution in [0, 0.1) is 12.8 Å². The van der Waals surface area contributed by atoms with Crippen molar-refractivity contribution >= 4 is 21.7 Å². The second-order valence-corrected chi connectivity index (χ2v) is 7.16. The van der Waals surface area contributed by atoms with E-state index in [1.807, 2.05) is 18.7 Å². The van der Waals surface area contributed by atoms with Crippen LogP contribution in [0.2, 0.25) is 0 Å². The summed E-state index contributed by atoms with van der Waals surface area (Å²) >= 11 is 3.54. The van der Waals surface area contributed by atoms with Gasteiger partial charge in [-0.25, -0.2) is 0 Å². The van der Waals surface area contributed by atoms with Crippen molar-refractivity contribution in [2.75, 3.05) is 0 Å². The molecule has 2 saturated heterocycles. The zero-order chi connectivity index (χ0) is 14.3. The maximum Gasteiger partial charge on any atom is 0.139 e. The molecule has 2 bridgehead atoms. The van der Waals surface area contributed by atoms with E-state index in [0.29, 0.717) is 30.2 Å². The number of halogens is 1. The molecular formula is C15H22BrN3O. The largest absolute Gasteiger partial charge is 0.311 e. The zero-order valence-electron chi connectivity index (χ0n) is 12.2. The first-order chi connectivity index (χ1) is 9.52. The molecule has 2 unspecified atom stereocenters. The van der Waals surface area contributed by atoms with Crippen LogP contribution < -0.4 is 5.32 Å². The fourth-order valence-electron chi connectivity index (χ4n) is 3.79. The molecular weight excluding hydrogens is 318 g/mol. The number of aryl methyl sites for hydroxylation is 2. The molecule has 2 atom stereocenters. The molecule has 0 spiro atoms. The van der Waals surface area contributed by atoms with Crippen molar-refractivity contribution in [1.29, 1.82) is 0 Å². The number of rotatable bonds is 4. The van der Waals surface area contributed by atoms with Crippen LogP contribution in [0.4, 0.5) is 0 Å². The van der Waals surface area contributed by atoms with Gasteiger partial charge in [0.05, 0.1) is 15.9 Å². The van der Waals surface area contributed by atoms with Crippen molar-refractivity contribution in [1.82, 2.24) is 15.1 Å². The van der Waals surface area contributed by atoms with Gasteiger partial charge in [-0.1, -0.05) is 0 Å². The van der Waals surface area contributed by atoms with Crippen molar-refractivity contribution in [3.8, 4) is 0 Å². The molecule has 2 aliphatic rings. The highest BCUT2D eigenvalue weighted by atomic mass is 79.9. The van der Waals surface area contributed by atoms with Crippen molar-refractivity contribution in [3.63, 3.8) is 0 Å². The Morgan fingerprint density at radius 1 is 1.40 bits per heavy atom. The lowest BCUT2D eigenvalue weighted by Gasteiger charge is -2.28. The number of carbonyl (C=O) groups is 1. The van der Waals surface area contributed by atoms with E-state index in [0.717, 1.165) is 22.3 Å². The van der Waals surface area contributed by atoms with E-state index >= 15 is 0 Å². The highest BCUT2D eigenvalue weighted by Gasteiger charge is 2.34. The highest BCUT2D eigenvalue weighted by molar-refractivity contribution is 9.10. The molecule has 3 heterocycles. The predicted molar refractivity (Wildman–Crippen MR) is 81.6 cm³/mol. The van der Waals surface area contributed by atoms with Crippen LogP contribution >= 0.6 is 15.9 Å². The number of Topliss-reactive ketones (excluding diaryl/α,β-unsaturated/α-hetero) is 1. The van der Waals surface area contributed by atoms with E-state index in [1.165, 1.54) is 25.7 Å². The summed E-state index contributed by atoms with van der Waals surface area (Å²) in [4.78, 5) is 12.3. The van der Waals surface area contributed by atoms with Crippen molar-refractivity contribution in [2.45, 2.75) is 57.5 Å². The van der Waals surface area contributed by atoms with Crippen LogP contribution in [-0.4, -0.2) is 27.6 Å². The summed E-state index contributed by atoms with van der Waals surface area (Å²) in [6.07, 6.45) is 6.16. The number of nitrogens with one attached hydrogen (secondary N) is 1. The van der Waals surface area contributed by atoms with Crippen molar-refractivity contribution in [2.24, 2.45) is 13.0 Å². The number of hydrogen-bond acceptors (Lipinski definition) is 3. The Kier molecular flexibility index (Phi) is 4.00. The van der Waals surface area contributed by atoms with E-state index in [9.17, 15) is 4.79 Å². The van der Waals surface area contributed by atoms with Crippen molar-refractivity contribution < 1.29 is 4.79 Å². The lowest BCUT2D eigenvalue weighted by Crippen LogP contribution is -2.38. The number of hydrogen-bond donors (Lipinski definition) is 1. The van der Waals surface area contributed by atoms with Gasteiger partial charge < -0.3 is 5.32 Å². The minimum absolute atomic E-state index is 0.347. The minimum atomic E-state index is 0.347. The summed E-state index contributed by atoms with van der Waals surface area (Å²) in [5.74, 6) is 0.925. The molecule has 1 aromatic heterocycles. The summed E-state index contributed by atoms with van der Waals surface area (Å²) in [5.41, 5.74) is 1.96. The van der Waals surface area contributed by atoms with Crippen LogP contribution in [-0.2, 0) is 18.3 Å². The molecule has 2 fully saturated rings. The first-order valence-corrected chi connectivity index (χ1v) is 8.28. The van der Waals surface area contributed by atoms with Crippen LogP contribution in [0.1, 0.15) is 43.5 Å². The second kappa shape index (κ2) is 5.60. The summed E-state index contributed by atoms with van der Waals surface area (Å²) in [7, 11) is 1.91. The average Bonchev–Trinajstić information content (AvgIpc) is 2.84. The fourth-order valence-corrected chi connectivity index (χ4v) is 4.27. The standard InChI is InChI=1S/C15H22BrN3O/c1-9-15(16)14(19(2)18-9)8-13(20)7-10-5-11-3-4-12(6-10)17-11/h10-12,17H,3-8H2,1-2H3. The van der Waals surface area contributed by atoms with E-state index in [2.05, 4.69) is 26.3 Å². The SMILES string of the molecule is Cc1nn(C)c(CC(=O)CC2CC3CCC(C2)N3)c1Br. The van der Waals surface area contributed by atoms with Crippen LogP contribution in [0.3, 0.4) is 0 Å². The summed E-state index contributed by atoms with van der Waals surface area (Å²) in [5, 5.41) is 7.98. The quantitative estimate of drug-likeness (QED) is 0.916. The maximum absolute atomic E-state index is 12.3. The van der Waals surface area contributed by atoms with E-state index < -0.39 is 0 Å². The van der Waals surface area contributed by atoms with Gasteiger partial charge in [0, 0.05) is 32.0 Å². The zero-order valence-corrected chi connectivity index (χ0v) is 13.7. The summed E-state index contributed by atoms with van der Waals surface area (Å²) in [6, 6.07) is 1.33. The van der Waals surface area contributed by atoms with Gasteiger partial charge in [-0.3, -0.25) is 9.48 Å². The van der Waals surface area contributed by atoms with Gasteiger partial charge in [-0.15, -0.1) is 0 Å². The molecule has 0 aromatic carbocycles. The number of nitrogens with zero attached hydrogens (tertiary/aromatic N) is 2. The number of fused-ring (bicyclic) bond motifs is 2. The normalized spacial score (nSPS) is 28.9. The van der Waals surface area contributed by atoms with Gasteiger partial charge in [0.25, 0.3) is 0 Å². The highest BCUT2D eigenvalue weighted by Crippen LogP contribution is 2.33. The number of aromatic nitrogens is 2. The fraction of sp³-hybridized carbons (Fsp3) is 0.733. The molecule has 3 rings (SSSR count). The Balaban J connectivity index is 1.60. The lowest BCUT2D eigenvalue weighted by atomic mass is 9.87. The Morgan fingerprint density at radius 3 is 2.60 bits per heavy atom. The average molecular weight is 340 g/mol. The van der Waals surface area contributed by atoms with Crippen molar-refractivity contribution in [3.05, 3.63) is 15.9 Å². The molecule has 110 valence electrons. The van der Waals surface area contributed by atoms with Gasteiger partial charge in [0.2, 0.25) is 0 Å². The van der Waals surface area contributed by atoms with Gasteiger partial charge in [0.15, 0.2) is 0 Å². The smallest absolute Gasteiger partial charge is 0.139 e. The third-order valence-corrected chi connectivity index (χ3v) is 5.74. The second-order valence-electron chi connectivity index (χ2n) is 6.36. The number of ketones is 1. The van der Waals surface area contributed by atoms with Crippen LogP contribution in [0.5, 0.6) is 0 Å². The Bertz CT molecular complexity index is 513. The third kappa shape index (κ3) is 2.84. The summed E-state index contributed by atoms with van der Waals surface area (Å²) < 4.78 is 2.81. The van der Waals surface area contributed by atoms with E-state index in [4.69, 9.17) is 0 Å². The number of carbonyl (C=O) groups excluding carboxylic acids is 1. The molecule has 0 radical (unpaired) electrons. The van der Waals surface area contributed by atoms with Crippen LogP contribution in [0.15, 0.2) is 4.47 Å².